The van der Waals surface area contributed by atoms with Gasteiger partial charge in [0.15, 0.2) is 5.92 Å². The van der Waals surface area contributed by atoms with Gasteiger partial charge in [-0.1, -0.05) is 0 Å². The number of esters is 2. The van der Waals surface area contributed by atoms with E-state index in [2.05, 4.69) is 28.0 Å². The van der Waals surface area contributed by atoms with E-state index in [1.165, 1.54) is 5.32 Å². The van der Waals surface area contributed by atoms with Gasteiger partial charge in [0, 0.05) is 12.2 Å². The van der Waals surface area contributed by atoms with Crippen molar-refractivity contribution in [3.63, 3.8) is 0 Å². The highest BCUT2D eigenvalue weighted by Crippen LogP contribution is 2.41. The Hall–Kier alpha value is -2.92. The van der Waals surface area contributed by atoms with E-state index < -0.39 is 96.2 Å². The van der Waals surface area contributed by atoms with Crippen molar-refractivity contribution in [2.75, 3.05) is 12.4 Å². The molecule has 3 N–H and O–H groups in total. The summed E-state index contributed by atoms with van der Waals surface area (Å²) in [4.78, 5) is 61.9. The van der Waals surface area contributed by atoms with Gasteiger partial charge < -0.3 is 30.2 Å². The van der Waals surface area contributed by atoms with Gasteiger partial charge in [-0.25, -0.2) is 14.4 Å². The second-order valence-electron chi connectivity index (χ2n) is 11.2. The van der Waals surface area contributed by atoms with Gasteiger partial charge in [0.1, 0.15) is 29.3 Å². The predicted octanol–water partition coefficient (Wildman–Crippen LogP) is 3.60. The van der Waals surface area contributed by atoms with E-state index in [1.54, 1.807) is 41.5 Å². The fourth-order valence-electron chi connectivity index (χ4n) is 3.33. The minimum atomic E-state index is -5.99. The summed E-state index contributed by atoms with van der Waals surface area (Å²) >= 11 is 3.81. The number of carbonyl (C=O) groups excluding carboxylic acids is 5. The van der Waals surface area contributed by atoms with Crippen LogP contribution in [-0.2, 0) is 33.4 Å². The molecule has 3 amide bonds. The third-order valence-electron chi connectivity index (χ3n) is 4.99. The average molecular weight is 656 g/mol. The fraction of sp³-hybridized carbons (Fsp3) is 0.800. The van der Waals surface area contributed by atoms with Crippen LogP contribution in [-0.4, -0.2) is 83.9 Å². The van der Waals surface area contributed by atoms with Crippen LogP contribution in [0.3, 0.4) is 0 Å². The molecule has 3 unspecified atom stereocenters. The Balaban J connectivity index is 5.57. The number of alkyl carbamates (subject to hydrolysis) is 1. The summed E-state index contributed by atoms with van der Waals surface area (Å²) < 4.78 is 94.5. The SMILES string of the molecule is CCOC(=O)C(NC(=O)C(CS)NC(=O)CCCC(NC(=O)OC(C)(C)C)C(=O)OC(C)(C)C)C(C(F)(F)F)C(F)(F)F. The molecule has 0 saturated heterocycles. The van der Waals surface area contributed by atoms with Crippen LogP contribution < -0.4 is 16.0 Å². The van der Waals surface area contributed by atoms with Gasteiger partial charge in [-0.3, -0.25) is 9.59 Å². The van der Waals surface area contributed by atoms with Crippen LogP contribution in [0.25, 0.3) is 0 Å². The maximum atomic E-state index is 13.3. The first-order chi connectivity index (χ1) is 19.3. The van der Waals surface area contributed by atoms with Crippen molar-refractivity contribution in [2.24, 2.45) is 5.92 Å². The summed E-state index contributed by atoms with van der Waals surface area (Å²) in [5.41, 5.74) is -1.81. The van der Waals surface area contributed by atoms with Crippen molar-refractivity contribution >= 4 is 42.5 Å². The number of carbonyl (C=O) groups is 5. The van der Waals surface area contributed by atoms with Gasteiger partial charge in [0.25, 0.3) is 0 Å². The number of rotatable bonds is 13. The topological polar surface area (TPSA) is 149 Å². The van der Waals surface area contributed by atoms with Crippen LogP contribution in [0, 0.1) is 5.92 Å². The van der Waals surface area contributed by atoms with Crippen LogP contribution in [0.2, 0.25) is 0 Å². The van der Waals surface area contributed by atoms with E-state index in [1.807, 2.05) is 0 Å². The molecule has 250 valence electrons. The lowest BCUT2D eigenvalue weighted by molar-refractivity contribution is -0.291. The zero-order valence-corrected chi connectivity index (χ0v) is 25.7. The van der Waals surface area contributed by atoms with Crippen molar-refractivity contribution in [1.82, 2.24) is 16.0 Å². The third-order valence-corrected chi connectivity index (χ3v) is 5.36. The van der Waals surface area contributed by atoms with Gasteiger partial charge in [0.05, 0.1) is 6.61 Å². The summed E-state index contributed by atoms with van der Waals surface area (Å²) in [6, 6.07) is -6.20. The summed E-state index contributed by atoms with van der Waals surface area (Å²) in [6.07, 6.45) is -13.6. The summed E-state index contributed by atoms with van der Waals surface area (Å²) in [7, 11) is 0. The zero-order valence-electron chi connectivity index (χ0n) is 24.8. The number of alkyl halides is 6. The lowest BCUT2D eigenvalue weighted by Crippen LogP contribution is -2.60. The number of thiol groups is 1. The molecule has 11 nitrogen and oxygen atoms in total. The average Bonchev–Trinajstić information content (AvgIpc) is 2.77. The molecule has 0 saturated carbocycles. The molecule has 0 aromatic heterocycles. The zero-order chi connectivity index (χ0) is 34.0. The highest BCUT2D eigenvalue weighted by atomic mass is 32.1. The smallest absolute Gasteiger partial charge is 0.408 e. The van der Waals surface area contributed by atoms with E-state index >= 15 is 0 Å². The van der Waals surface area contributed by atoms with Crippen LogP contribution in [0.1, 0.15) is 67.7 Å². The molecule has 0 aromatic carbocycles. The molecule has 0 aliphatic rings. The summed E-state index contributed by atoms with van der Waals surface area (Å²) in [5, 5.41) is 5.83. The van der Waals surface area contributed by atoms with E-state index in [0.717, 1.165) is 6.92 Å². The molecular formula is C25H39F6N3O8S. The van der Waals surface area contributed by atoms with Crippen molar-refractivity contribution < 1.29 is 64.5 Å². The summed E-state index contributed by atoms with van der Waals surface area (Å²) in [5.74, 6) is -10.1. The first kappa shape index (κ1) is 40.1. The number of ether oxygens (including phenoxy) is 3. The largest absolute Gasteiger partial charge is 0.464 e. The van der Waals surface area contributed by atoms with Crippen LogP contribution >= 0.6 is 12.6 Å². The fourth-order valence-corrected chi connectivity index (χ4v) is 3.58. The normalized spacial score (nSPS) is 14.7. The lowest BCUT2D eigenvalue weighted by atomic mass is 9.97. The molecule has 18 heteroatoms. The van der Waals surface area contributed by atoms with Gasteiger partial charge in [-0.05, 0) is 61.3 Å². The Bertz CT molecular complexity index is 966. The van der Waals surface area contributed by atoms with Crippen LogP contribution in [0.4, 0.5) is 31.1 Å². The Morgan fingerprint density at radius 1 is 0.744 bits per heavy atom. The van der Waals surface area contributed by atoms with Crippen molar-refractivity contribution in [3.05, 3.63) is 0 Å². The molecule has 0 heterocycles. The van der Waals surface area contributed by atoms with Crippen molar-refractivity contribution in [2.45, 2.75) is 109 Å². The Morgan fingerprint density at radius 2 is 1.26 bits per heavy atom. The monoisotopic (exact) mass is 655 g/mol. The minimum absolute atomic E-state index is 0.0951. The van der Waals surface area contributed by atoms with Gasteiger partial charge in [-0.2, -0.15) is 39.0 Å². The first-order valence-corrected chi connectivity index (χ1v) is 13.7. The minimum Gasteiger partial charge on any atom is -0.464 e. The molecule has 0 radical (unpaired) electrons. The van der Waals surface area contributed by atoms with Crippen LogP contribution in [0.15, 0.2) is 0 Å². The number of halogens is 6. The van der Waals surface area contributed by atoms with Gasteiger partial charge in [0.2, 0.25) is 11.8 Å². The van der Waals surface area contributed by atoms with E-state index in [-0.39, 0.29) is 12.8 Å². The molecule has 0 spiro atoms. The number of hydrogen-bond donors (Lipinski definition) is 4. The molecule has 0 fully saturated rings. The standard InChI is InChI=1S/C25H39F6N3O8S/c1-8-40-20(38)16(17(24(26,27)28)25(29,30)31)34-18(36)14(12-43)32-15(35)11-9-10-13(19(37)41-22(2,3)4)33-21(39)42-23(5,6)7/h13-14,16-17,43H,8-12H2,1-7H3,(H,32,35)(H,33,39)(H,34,36). The summed E-state index contributed by atoms with van der Waals surface area (Å²) in [6.45, 7) is 10.1. The Kier molecular flexibility index (Phi) is 15.1. The molecular weight excluding hydrogens is 616 g/mol. The van der Waals surface area contributed by atoms with Gasteiger partial charge >= 0.3 is 30.4 Å². The van der Waals surface area contributed by atoms with E-state index in [9.17, 15) is 50.3 Å². The maximum absolute atomic E-state index is 13.3. The number of amides is 3. The third kappa shape index (κ3) is 15.9. The molecule has 0 rings (SSSR count). The second kappa shape index (κ2) is 16.2. The lowest BCUT2D eigenvalue weighted by Gasteiger charge is -2.30. The van der Waals surface area contributed by atoms with Crippen molar-refractivity contribution in [1.29, 1.82) is 0 Å². The quantitative estimate of drug-likeness (QED) is 0.102. The highest BCUT2D eigenvalue weighted by molar-refractivity contribution is 7.80. The van der Waals surface area contributed by atoms with Crippen LogP contribution in [0.5, 0.6) is 0 Å². The molecule has 0 aliphatic heterocycles. The van der Waals surface area contributed by atoms with Gasteiger partial charge in [-0.15, -0.1) is 0 Å². The van der Waals surface area contributed by atoms with Crippen molar-refractivity contribution in [3.8, 4) is 0 Å². The van der Waals surface area contributed by atoms with E-state index in [4.69, 9.17) is 9.47 Å². The molecule has 0 aromatic rings. The second-order valence-corrected chi connectivity index (χ2v) is 11.6. The first-order valence-electron chi connectivity index (χ1n) is 13.0. The maximum Gasteiger partial charge on any atom is 0.408 e. The number of hydrogen-bond acceptors (Lipinski definition) is 9. The Labute approximate surface area is 250 Å². The molecule has 0 bridgehead atoms. The highest BCUT2D eigenvalue weighted by Gasteiger charge is 2.63. The number of nitrogens with one attached hydrogen (secondary N) is 3. The molecule has 43 heavy (non-hydrogen) atoms. The molecule has 0 aliphatic carbocycles. The van der Waals surface area contributed by atoms with E-state index in [0.29, 0.717) is 0 Å². The predicted molar refractivity (Wildman–Crippen MR) is 143 cm³/mol. The molecule has 3 atom stereocenters. The Morgan fingerprint density at radius 3 is 1.67 bits per heavy atom.